The van der Waals surface area contributed by atoms with Gasteiger partial charge in [0.25, 0.3) is 6.47 Å². The molecule has 0 fully saturated rings. The lowest BCUT2D eigenvalue weighted by Crippen LogP contribution is -2.15. The van der Waals surface area contributed by atoms with Crippen molar-refractivity contribution >= 4 is 6.47 Å². The van der Waals surface area contributed by atoms with Gasteiger partial charge < -0.3 is 9.47 Å². The number of hydrogen-bond donors (Lipinski definition) is 0. The Hall–Kier alpha value is -0.990. The molecule has 0 aromatic carbocycles. The lowest BCUT2D eigenvalue weighted by Gasteiger charge is -2.16. The highest BCUT2D eigenvalue weighted by Gasteiger charge is 2.09. The summed E-state index contributed by atoms with van der Waals surface area (Å²) in [6.07, 6.45) is 4.77. The van der Waals surface area contributed by atoms with E-state index in [2.05, 4.69) is 4.74 Å². The second-order valence-electron chi connectivity index (χ2n) is 1.75. The van der Waals surface area contributed by atoms with E-state index in [9.17, 15) is 4.79 Å². The quantitative estimate of drug-likeness (QED) is 0.516. The Morgan fingerprint density at radius 1 is 1.78 bits per heavy atom. The summed E-state index contributed by atoms with van der Waals surface area (Å²) in [6.45, 7) is 0.407. The first kappa shape index (κ1) is 6.13. The van der Waals surface area contributed by atoms with Gasteiger partial charge in [0.15, 0.2) is 0 Å². The maximum absolute atomic E-state index is 9.75. The molecule has 0 saturated heterocycles. The molecule has 0 amide bonds. The minimum Gasteiger partial charge on any atom is -0.463 e. The molecule has 0 spiro atoms. The normalized spacial score (nSPS) is 24.7. The van der Waals surface area contributed by atoms with Gasteiger partial charge in [-0.25, -0.2) is 0 Å². The van der Waals surface area contributed by atoms with Crippen LogP contribution in [0.15, 0.2) is 12.3 Å². The highest BCUT2D eigenvalue weighted by atomic mass is 16.7. The van der Waals surface area contributed by atoms with Gasteiger partial charge in [-0.1, -0.05) is 0 Å². The summed E-state index contributed by atoms with van der Waals surface area (Å²) in [6, 6.07) is 0. The molecular weight excluding hydrogens is 120 g/mol. The van der Waals surface area contributed by atoms with Gasteiger partial charge in [0, 0.05) is 6.42 Å². The summed E-state index contributed by atoms with van der Waals surface area (Å²) < 4.78 is 9.41. The van der Waals surface area contributed by atoms with Crippen LogP contribution >= 0.6 is 0 Å². The monoisotopic (exact) mass is 128 g/mol. The smallest absolute Gasteiger partial charge is 0.296 e. The van der Waals surface area contributed by atoms with Crippen LogP contribution in [0.4, 0.5) is 0 Å². The van der Waals surface area contributed by atoms with E-state index in [0.29, 0.717) is 6.47 Å². The SMILES string of the molecule is O=COC1CCC=CO1. The molecule has 3 heteroatoms. The number of ether oxygens (including phenoxy) is 2. The Morgan fingerprint density at radius 2 is 2.67 bits per heavy atom. The summed E-state index contributed by atoms with van der Waals surface area (Å²) in [5, 5.41) is 0. The molecule has 0 aliphatic carbocycles. The Balaban J connectivity index is 2.26. The molecule has 0 radical (unpaired) electrons. The van der Waals surface area contributed by atoms with Crippen LogP contribution in [-0.2, 0) is 14.3 Å². The second-order valence-corrected chi connectivity index (χ2v) is 1.75. The van der Waals surface area contributed by atoms with Crippen LogP contribution in [0.1, 0.15) is 12.8 Å². The lowest BCUT2D eigenvalue weighted by atomic mass is 10.3. The van der Waals surface area contributed by atoms with Crippen LogP contribution in [0.3, 0.4) is 0 Å². The van der Waals surface area contributed by atoms with Crippen molar-refractivity contribution in [1.29, 1.82) is 0 Å². The van der Waals surface area contributed by atoms with Crippen molar-refractivity contribution in [2.45, 2.75) is 19.1 Å². The summed E-state index contributed by atoms with van der Waals surface area (Å²) in [4.78, 5) is 9.75. The highest BCUT2D eigenvalue weighted by molar-refractivity contribution is 5.37. The topological polar surface area (TPSA) is 35.5 Å². The van der Waals surface area contributed by atoms with E-state index >= 15 is 0 Å². The standard InChI is InChI=1S/C6H8O3/c7-5-9-6-3-1-2-4-8-6/h2,4-6H,1,3H2. The molecule has 50 valence electrons. The minimum atomic E-state index is -0.354. The molecular formula is C6H8O3. The van der Waals surface area contributed by atoms with Crippen LogP contribution in [0, 0.1) is 0 Å². The van der Waals surface area contributed by atoms with Crippen LogP contribution in [0.5, 0.6) is 0 Å². The first-order valence-corrected chi connectivity index (χ1v) is 2.83. The minimum absolute atomic E-state index is 0.354. The van der Waals surface area contributed by atoms with E-state index in [4.69, 9.17) is 4.74 Å². The molecule has 1 heterocycles. The van der Waals surface area contributed by atoms with E-state index in [-0.39, 0.29) is 6.29 Å². The maximum Gasteiger partial charge on any atom is 0.296 e. The molecule has 3 nitrogen and oxygen atoms in total. The molecule has 0 N–H and O–H groups in total. The van der Waals surface area contributed by atoms with Gasteiger partial charge in [-0.3, -0.25) is 4.79 Å². The van der Waals surface area contributed by atoms with Gasteiger partial charge in [-0.05, 0) is 12.5 Å². The number of carbonyl (C=O) groups is 1. The van der Waals surface area contributed by atoms with E-state index in [1.807, 2.05) is 6.08 Å². The molecule has 1 aliphatic rings. The van der Waals surface area contributed by atoms with Crippen LogP contribution in [0.2, 0.25) is 0 Å². The molecule has 0 bridgehead atoms. The Bertz CT molecular complexity index is 119. The molecule has 1 atom stereocenters. The molecule has 0 saturated carbocycles. The lowest BCUT2D eigenvalue weighted by molar-refractivity contribution is -0.155. The fourth-order valence-corrected chi connectivity index (χ4v) is 0.674. The van der Waals surface area contributed by atoms with Crippen molar-refractivity contribution in [3.63, 3.8) is 0 Å². The van der Waals surface area contributed by atoms with Crippen LogP contribution in [0.25, 0.3) is 0 Å². The van der Waals surface area contributed by atoms with Crippen LogP contribution in [-0.4, -0.2) is 12.8 Å². The van der Waals surface area contributed by atoms with Gasteiger partial charge in [0.05, 0.1) is 6.26 Å². The van der Waals surface area contributed by atoms with Crippen molar-refractivity contribution in [3.8, 4) is 0 Å². The van der Waals surface area contributed by atoms with E-state index in [1.165, 1.54) is 0 Å². The zero-order valence-corrected chi connectivity index (χ0v) is 4.95. The van der Waals surface area contributed by atoms with Crippen molar-refractivity contribution in [3.05, 3.63) is 12.3 Å². The Morgan fingerprint density at radius 3 is 3.22 bits per heavy atom. The number of carbonyl (C=O) groups excluding carboxylic acids is 1. The largest absolute Gasteiger partial charge is 0.463 e. The van der Waals surface area contributed by atoms with E-state index in [0.717, 1.165) is 12.8 Å². The Labute approximate surface area is 53.3 Å². The second kappa shape index (κ2) is 3.12. The molecule has 1 rings (SSSR count). The van der Waals surface area contributed by atoms with Gasteiger partial charge in [-0.15, -0.1) is 0 Å². The average Bonchev–Trinajstić information content (AvgIpc) is 1.91. The molecule has 0 aromatic rings. The Kier molecular flexibility index (Phi) is 2.13. The summed E-state index contributed by atoms with van der Waals surface area (Å²) in [5.74, 6) is 0. The van der Waals surface area contributed by atoms with Crippen LogP contribution < -0.4 is 0 Å². The average molecular weight is 128 g/mol. The molecule has 1 unspecified atom stereocenters. The third-order valence-electron chi connectivity index (χ3n) is 1.10. The van der Waals surface area contributed by atoms with Gasteiger partial charge in [-0.2, -0.15) is 0 Å². The fraction of sp³-hybridized carbons (Fsp3) is 0.500. The van der Waals surface area contributed by atoms with Gasteiger partial charge in [0.1, 0.15) is 0 Å². The summed E-state index contributed by atoms with van der Waals surface area (Å²) in [5.41, 5.74) is 0. The predicted molar refractivity (Wildman–Crippen MR) is 30.4 cm³/mol. The predicted octanol–water partition coefficient (Wildman–Crippen LogP) is 0.810. The van der Waals surface area contributed by atoms with Crippen molar-refractivity contribution in [1.82, 2.24) is 0 Å². The van der Waals surface area contributed by atoms with Gasteiger partial charge in [0.2, 0.25) is 6.29 Å². The van der Waals surface area contributed by atoms with Crippen molar-refractivity contribution in [2.24, 2.45) is 0 Å². The summed E-state index contributed by atoms with van der Waals surface area (Å²) in [7, 11) is 0. The number of hydrogen-bond acceptors (Lipinski definition) is 3. The first-order valence-electron chi connectivity index (χ1n) is 2.83. The highest BCUT2D eigenvalue weighted by Crippen LogP contribution is 2.09. The third-order valence-corrected chi connectivity index (χ3v) is 1.10. The summed E-state index contributed by atoms with van der Waals surface area (Å²) >= 11 is 0. The molecule has 9 heavy (non-hydrogen) atoms. The fourth-order valence-electron chi connectivity index (χ4n) is 0.674. The van der Waals surface area contributed by atoms with E-state index in [1.54, 1.807) is 6.26 Å². The zero-order valence-electron chi connectivity index (χ0n) is 4.95. The van der Waals surface area contributed by atoms with E-state index < -0.39 is 0 Å². The molecule has 1 aliphatic heterocycles. The van der Waals surface area contributed by atoms with Crippen molar-refractivity contribution in [2.75, 3.05) is 0 Å². The number of allylic oxidation sites excluding steroid dienone is 1. The molecule has 0 aromatic heterocycles. The third kappa shape index (κ3) is 1.76. The first-order chi connectivity index (χ1) is 4.43. The van der Waals surface area contributed by atoms with Crippen molar-refractivity contribution < 1.29 is 14.3 Å². The maximum atomic E-state index is 9.75. The number of rotatable bonds is 2. The van der Waals surface area contributed by atoms with Gasteiger partial charge >= 0.3 is 0 Å². The zero-order chi connectivity index (χ0) is 6.53.